The standard InChI is InChI=1S/C10H13ClN2O3/c1-15-6-9(10(14)13-12)16-8-4-2-7(11)3-5-8/h2-5,9H,6,12H2,1H3,(H,13,14). The Kier molecular flexibility index (Phi) is 5.04. The monoisotopic (exact) mass is 244 g/mol. The summed E-state index contributed by atoms with van der Waals surface area (Å²) >= 11 is 5.72. The highest BCUT2D eigenvalue weighted by Gasteiger charge is 2.19. The molecule has 0 saturated carbocycles. The lowest BCUT2D eigenvalue weighted by Crippen LogP contribution is -2.44. The van der Waals surface area contributed by atoms with Gasteiger partial charge in [0.2, 0.25) is 6.10 Å². The number of carbonyl (C=O) groups excluding carboxylic acids is 1. The zero-order chi connectivity index (χ0) is 12.0. The van der Waals surface area contributed by atoms with Crippen LogP contribution in [0.3, 0.4) is 0 Å². The third-order valence-electron chi connectivity index (χ3n) is 1.84. The Labute approximate surface area is 98.4 Å². The molecular formula is C10H13ClN2O3. The van der Waals surface area contributed by atoms with Crippen LogP contribution in [0.1, 0.15) is 0 Å². The van der Waals surface area contributed by atoms with E-state index in [4.69, 9.17) is 26.9 Å². The number of hydrogen-bond donors (Lipinski definition) is 2. The molecule has 1 amide bonds. The van der Waals surface area contributed by atoms with Crippen LogP contribution in [0.5, 0.6) is 5.75 Å². The van der Waals surface area contributed by atoms with E-state index in [0.29, 0.717) is 10.8 Å². The summed E-state index contributed by atoms with van der Waals surface area (Å²) in [5.74, 6) is 5.10. The molecule has 0 aliphatic carbocycles. The van der Waals surface area contributed by atoms with Crippen molar-refractivity contribution in [2.75, 3.05) is 13.7 Å². The maximum Gasteiger partial charge on any atom is 0.277 e. The number of rotatable bonds is 5. The summed E-state index contributed by atoms with van der Waals surface area (Å²) in [5, 5.41) is 0.596. The minimum absolute atomic E-state index is 0.117. The number of hydrogen-bond acceptors (Lipinski definition) is 4. The van der Waals surface area contributed by atoms with Gasteiger partial charge in [-0.05, 0) is 24.3 Å². The number of benzene rings is 1. The maximum absolute atomic E-state index is 11.3. The molecule has 0 radical (unpaired) electrons. The Morgan fingerprint density at radius 2 is 2.12 bits per heavy atom. The van der Waals surface area contributed by atoms with Crippen LogP contribution >= 0.6 is 11.6 Å². The first-order chi connectivity index (χ1) is 7.67. The van der Waals surface area contributed by atoms with E-state index < -0.39 is 12.0 Å². The summed E-state index contributed by atoms with van der Waals surface area (Å²) in [6.07, 6.45) is -0.781. The van der Waals surface area contributed by atoms with E-state index in [1.165, 1.54) is 7.11 Å². The van der Waals surface area contributed by atoms with Crippen LogP contribution in [0.25, 0.3) is 0 Å². The molecule has 0 heterocycles. The lowest BCUT2D eigenvalue weighted by molar-refractivity contribution is -0.130. The van der Waals surface area contributed by atoms with Crippen molar-refractivity contribution in [1.82, 2.24) is 5.43 Å². The molecular weight excluding hydrogens is 232 g/mol. The average Bonchev–Trinajstić information content (AvgIpc) is 2.30. The Morgan fingerprint density at radius 3 is 2.62 bits per heavy atom. The molecule has 1 aromatic rings. The summed E-state index contributed by atoms with van der Waals surface area (Å²) in [7, 11) is 1.47. The van der Waals surface area contributed by atoms with Gasteiger partial charge in [0.1, 0.15) is 5.75 Å². The molecule has 0 aromatic heterocycles. The summed E-state index contributed by atoms with van der Waals surface area (Å²) < 4.78 is 10.2. The summed E-state index contributed by atoms with van der Waals surface area (Å²) in [6.45, 7) is 0.117. The average molecular weight is 245 g/mol. The zero-order valence-electron chi connectivity index (χ0n) is 8.77. The van der Waals surface area contributed by atoms with Gasteiger partial charge in [-0.3, -0.25) is 10.2 Å². The lowest BCUT2D eigenvalue weighted by atomic mass is 10.3. The Bertz CT molecular complexity index is 342. The van der Waals surface area contributed by atoms with Crippen LogP contribution in [0, 0.1) is 0 Å². The predicted octanol–water partition coefficient (Wildman–Crippen LogP) is 0.724. The van der Waals surface area contributed by atoms with Crippen molar-refractivity contribution in [3.63, 3.8) is 0 Å². The Balaban J connectivity index is 2.67. The molecule has 5 nitrogen and oxygen atoms in total. The van der Waals surface area contributed by atoms with Gasteiger partial charge in [-0.25, -0.2) is 5.84 Å². The van der Waals surface area contributed by atoms with Crippen molar-refractivity contribution in [2.45, 2.75) is 6.10 Å². The van der Waals surface area contributed by atoms with Crippen molar-refractivity contribution in [2.24, 2.45) is 5.84 Å². The largest absolute Gasteiger partial charge is 0.478 e. The van der Waals surface area contributed by atoms with Gasteiger partial charge in [-0.1, -0.05) is 11.6 Å². The second-order valence-corrected chi connectivity index (χ2v) is 3.46. The van der Waals surface area contributed by atoms with Gasteiger partial charge >= 0.3 is 0 Å². The molecule has 16 heavy (non-hydrogen) atoms. The highest BCUT2D eigenvalue weighted by atomic mass is 35.5. The minimum atomic E-state index is -0.781. The van der Waals surface area contributed by atoms with Crippen molar-refractivity contribution in [3.05, 3.63) is 29.3 Å². The van der Waals surface area contributed by atoms with Crippen molar-refractivity contribution < 1.29 is 14.3 Å². The molecule has 0 spiro atoms. The van der Waals surface area contributed by atoms with Crippen LogP contribution in [-0.4, -0.2) is 25.7 Å². The number of carbonyl (C=O) groups is 1. The third kappa shape index (κ3) is 3.69. The van der Waals surface area contributed by atoms with Gasteiger partial charge in [0.05, 0.1) is 6.61 Å². The molecule has 3 N–H and O–H groups in total. The van der Waals surface area contributed by atoms with E-state index in [0.717, 1.165) is 0 Å². The van der Waals surface area contributed by atoms with Gasteiger partial charge in [-0.2, -0.15) is 0 Å². The highest BCUT2D eigenvalue weighted by molar-refractivity contribution is 6.30. The van der Waals surface area contributed by atoms with Crippen LogP contribution < -0.4 is 16.0 Å². The van der Waals surface area contributed by atoms with E-state index in [1.807, 2.05) is 5.43 Å². The van der Waals surface area contributed by atoms with E-state index in [1.54, 1.807) is 24.3 Å². The van der Waals surface area contributed by atoms with Gasteiger partial charge in [0.15, 0.2) is 0 Å². The minimum Gasteiger partial charge on any atom is -0.478 e. The Morgan fingerprint density at radius 1 is 1.50 bits per heavy atom. The molecule has 1 atom stereocenters. The van der Waals surface area contributed by atoms with E-state index in [2.05, 4.69) is 0 Å². The lowest BCUT2D eigenvalue weighted by Gasteiger charge is -2.16. The molecule has 88 valence electrons. The van der Waals surface area contributed by atoms with Crippen LogP contribution in [0.15, 0.2) is 24.3 Å². The van der Waals surface area contributed by atoms with Crippen molar-refractivity contribution in [3.8, 4) is 5.75 Å². The SMILES string of the molecule is COCC(Oc1ccc(Cl)cc1)C(=O)NN. The molecule has 0 aliphatic rings. The molecule has 0 saturated heterocycles. The fourth-order valence-electron chi connectivity index (χ4n) is 1.08. The van der Waals surface area contributed by atoms with Crippen LogP contribution in [0.4, 0.5) is 0 Å². The molecule has 6 heteroatoms. The molecule has 1 unspecified atom stereocenters. The molecule has 0 aliphatic heterocycles. The second-order valence-electron chi connectivity index (χ2n) is 3.02. The van der Waals surface area contributed by atoms with Crippen molar-refractivity contribution in [1.29, 1.82) is 0 Å². The van der Waals surface area contributed by atoms with Crippen LogP contribution in [-0.2, 0) is 9.53 Å². The van der Waals surface area contributed by atoms with E-state index in [-0.39, 0.29) is 6.61 Å². The van der Waals surface area contributed by atoms with E-state index in [9.17, 15) is 4.79 Å². The summed E-state index contributed by atoms with van der Waals surface area (Å²) in [6, 6.07) is 6.66. The van der Waals surface area contributed by atoms with Gasteiger partial charge in [0.25, 0.3) is 5.91 Å². The van der Waals surface area contributed by atoms with Gasteiger partial charge in [-0.15, -0.1) is 0 Å². The fourth-order valence-corrected chi connectivity index (χ4v) is 1.21. The normalized spacial score (nSPS) is 11.9. The fraction of sp³-hybridized carbons (Fsp3) is 0.300. The topological polar surface area (TPSA) is 73.6 Å². The third-order valence-corrected chi connectivity index (χ3v) is 2.10. The molecule has 0 fully saturated rings. The summed E-state index contributed by atoms with van der Waals surface area (Å²) in [4.78, 5) is 11.3. The first-order valence-electron chi connectivity index (χ1n) is 4.59. The predicted molar refractivity (Wildman–Crippen MR) is 60.1 cm³/mol. The zero-order valence-corrected chi connectivity index (χ0v) is 9.53. The molecule has 1 aromatic carbocycles. The molecule has 1 rings (SSSR count). The number of hydrazine groups is 1. The first-order valence-corrected chi connectivity index (χ1v) is 4.96. The van der Waals surface area contributed by atoms with Gasteiger partial charge in [0, 0.05) is 12.1 Å². The second kappa shape index (κ2) is 6.32. The number of nitrogens with one attached hydrogen (secondary N) is 1. The summed E-state index contributed by atoms with van der Waals surface area (Å²) in [5.41, 5.74) is 2.01. The first kappa shape index (κ1) is 12.8. The van der Waals surface area contributed by atoms with Crippen molar-refractivity contribution >= 4 is 17.5 Å². The maximum atomic E-state index is 11.3. The van der Waals surface area contributed by atoms with E-state index >= 15 is 0 Å². The number of ether oxygens (including phenoxy) is 2. The quantitative estimate of drug-likeness (QED) is 0.455. The van der Waals surface area contributed by atoms with Crippen LogP contribution in [0.2, 0.25) is 5.02 Å². The number of nitrogens with two attached hydrogens (primary N) is 1. The number of amides is 1. The Hall–Kier alpha value is -1.30. The highest BCUT2D eigenvalue weighted by Crippen LogP contribution is 2.16. The number of methoxy groups -OCH3 is 1. The smallest absolute Gasteiger partial charge is 0.277 e. The molecule has 0 bridgehead atoms. The number of halogens is 1. The van der Waals surface area contributed by atoms with Gasteiger partial charge < -0.3 is 9.47 Å².